The largest absolute Gasteiger partial charge is 0.278 e. The molecule has 1 N–H and O–H groups in total. The molecule has 2 aromatic carbocycles. The molecule has 0 amide bonds. The highest BCUT2D eigenvalue weighted by atomic mass is 127. The Labute approximate surface area is 321 Å². The van der Waals surface area contributed by atoms with E-state index in [0.29, 0.717) is 11.3 Å². The fourth-order valence-corrected chi connectivity index (χ4v) is 7.94. The first kappa shape index (κ1) is 37.6. The monoisotopic (exact) mass is 860 g/mol. The van der Waals surface area contributed by atoms with Gasteiger partial charge >= 0.3 is 0 Å². The standard InChI is InChI=1S/C19H18N4O2S.C16H12N4O2S.C3H7I/c1-14(2)22-10-9-18(21-22)16-12-15-8-11-23(19(15)20-13-16)26(24,25)17-6-4-3-5-7-17;21-23(22,14-4-2-1-3-5-14)20-9-7-12-10-13(11-17-16(12)20)15-6-8-18-19-15;1-3(2)4/h3-14H,1-2H3;1-11H,(H,18,19);3H,1-2H3. The lowest BCUT2D eigenvalue weighted by molar-refractivity contribution is 0.534. The molecule has 0 bridgehead atoms. The van der Waals surface area contributed by atoms with E-state index in [1.54, 1.807) is 91.4 Å². The van der Waals surface area contributed by atoms with Crippen LogP contribution in [0.4, 0.5) is 0 Å². The predicted molar refractivity (Wildman–Crippen MR) is 216 cm³/mol. The number of alkyl halides is 1. The van der Waals surface area contributed by atoms with Gasteiger partial charge in [-0.3, -0.25) is 9.78 Å². The summed E-state index contributed by atoms with van der Waals surface area (Å²) in [5.41, 5.74) is 4.15. The molecule has 53 heavy (non-hydrogen) atoms. The zero-order chi connectivity index (χ0) is 37.8. The summed E-state index contributed by atoms with van der Waals surface area (Å²) < 4.78 is 56.3. The maximum atomic E-state index is 12.8. The van der Waals surface area contributed by atoms with Crippen LogP contribution in [0.15, 0.2) is 144 Å². The van der Waals surface area contributed by atoms with Gasteiger partial charge in [-0.1, -0.05) is 72.8 Å². The van der Waals surface area contributed by atoms with Gasteiger partial charge in [0.2, 0.25) is 0 Å². The van der Waals surface area contributed by atoms with E-state index in [0.717, 1.165) is 37.2 Å². The van der Waals surface area contributed by atoms with E-state index in [4.69, 9.17) is 0 Å². The molecule has 0 unspecified atom stereocenters. The Bertz CT molecular complexity index is 2670. The van der Waals surface area contributed by atoms with E-state index >= 15 is 0 Å². The van der Waals surface area contributed by atoms with Gasteiger partial charge in [0.1, 0.15) is 0 Å². The van der Waals surface area contributed by atoms with Gasteiger partial charge in [-0.15, -0.1) is 0 Å². The van der Waals surface area contributed by atoms with E-state index in [2.05, 4.69) is 75.5 Å². The number of aromatic amines is 1. The molecule has 0 aliphatic rings. The minimum Gasteiger partial charge on any atom is -0.278 e. The first-order valence-electron chi connectivity index (χ1n) is 16.6. The predicted octanol–water partition coefficient (Wildman–Crippen LogP) is 8.21. The Hall–Kier alpha value is -5.13. The second kappa shape index (κ2) is 15.9. The van der Waals surface area contributed by atoms with E-state index in [1.807, 2.05) is 35.1 Å². The SMILES string of the molecule is CC(C)I.CC(C)n1ccc(-c2cnc3c(ccn3S(=O)(=O)c3ccccc3)c2)n1.O=S(=O)(c1ccccc1)n1ccc2cc(-c3ccn[nH]3)cnc21. The van der Waals surface area contributed by atoms with Crippen molar-refractivity contribution in [2.45, 2.75) is 47.5 Å². The van der Waals surface area contributed by atoms with Crippen LogP contribution in [0.25, 0.3) is 44.6 Å². The molecule has 6 heterocycles. The van der Waals surface area contributed by atoms with Crippen molar-refractivity contribution in [2.75, 3.05) is 0 Å². The second-order valence-corrected chi connectivity index (χ2v) is 18.5. The smallest absolute Gasteiger partial charge is 0.269 e. The van der Waals surface area contributed by atoms with Crippen LogP contribution in [0.5, 0.6) is 0 Å². The summed E-state index contributed by atoms with van der Waals surface area (Å²) in [6.45, 7) is 8.43. The van der Waals surface area contributed by atoms with Crippen molar-refractivity contribution in [1.82, 2.24) is 37.9 Å². The number of aromatic nitrogens is 8. The topological polar surface area (TPSA) is 150 Å². The van der Waals surface area contributed by atoms with Gasteiger partial charge in [0.15, 0.2) is 11.3 Å². The Morgan fingerprint density at radius 1 is 0.642 bits per heavy atom. The lowest BCUT2D eigenvalue weighted by atomic mass is 10.2. The maximum Gasteiger partial charge on any atom is 0.269 e. The first-order chi connectivity index (χ1) is 25.4. The van der Waals surface area contributed by atoms with Crippen LogP contribution in [-0.4, -0.2) is 58.7 Å². The first-order valence-corrected chi connectivity index (χ1v) is 20.7. The van der Waals surface area contributed by atoms with Crippen LogP contribution >= 0.6 is 22.6 Å². The Kier molecular flexibility index (Phi) is 11.3. The molecule has 0 atom stereocenters. The van der Waals surface area contributed by atoms with Crippen molar-refractivity contribution in [1.29, 1.82) is 0 Å². The van der Waals surface area contributed by atoms with Crippen LogP contribution in [0.2, 0.25) is 0 Å². The van der Waals surface area contributed by atoms with E-state index in [-0.39, 0.29) is 15.8 Å². The fraction of sp³-hybridized carbons (Fsp3) is 0.158. The van der Waals surface area contributed by atoms with Gasteiger partial charge in [-0.05, 0) is 74.5 Å². The number of halogens is 1. The number of nitrogens with zero attached hydrogens (tertiary/aromatic N) is 7. The molecule has 8 aromatic rings. The van der Waals surface area contributed by atoms with Gasteiger partial charge in [0.25, 0.3) is 20.0 Å². The lowest BCUT2D eigenvalue weighted by Crippen LogP contribution is -2.12. The number of pyridine rings is 2. The number of H-pyrrole nitrogens is 1. The summed E-state index contributed by atoms with van der Waals surface area (Å²) in [5, 5.41) is 12.8. The zero-order valence-electron chi connectivity index (χ0n) is 29.3. The van der Waals surface area contributed by atoms with Crippen molar-refractivity contribution in [3.05, 3.63) is 134 Å². The highest BCUT2D eigenvalue weighted by Gasteiger charge is 2.21. The van der Waals surface area contributed by atoms with Crippen molar-refractivity contribution < 1.29 is 16.8 Å². The Morgan fingerprint density at radius 3 is 1.58 bits per heavy atom. The molecule has 6 aromatic heterocycles. The number of fused-ring (bicyclic) bond motifs is 2. The average Bonchev–Trinajstić information content (AvgIpc) is 3.98. The molecule has 272 valence electrons. The van der Waals surface area contributed by atoms with Gasteiger partial charge in [-0.25, -0.2) is 34.7 Å². The number of nitrogens with one attached hydrogen (secondary N) is 1. The van der Waals surface area contributed by atoms with E-state index in [1.165, 1.54) is 20.3 Å². The highest BCUT2D eigenvalue weighted by molar-refractivity contribution is 14.1. The molecule has 12 nitrogen and oxygen atoms in total. The van der Waals surface area contributed by atoms with Gasteiger partial charge < -0.3 is 0 Å². The molecule has 0 saturated carbocycles. The van der Waals surface area contributed by atoms with Crippen molar-refractivity contribution >= 4 is 64.7 Å². The zero-order valence-corrected chi connectivity index (χ0v) is 33.1. The Balaban J connectivity index is 0.000000166. The molecule has 0 aliphatic carbocycles. The van der Waals surface area contributed by atoms with Crippen molar-refractivity contribution in [3.8, 4) is 22.5 Å². The third-order valence-electron chi connectivity index (χ3n) is 7.83. The number of hydrogen-bond donors (Lipinski definition) is 1. The molecule has 0 fully saturated rings. The number of hydrogen-bond acceptors (Lipinski definition) is 8. The summed E-state index contributed by atoms with van der Waals surface area (Å²) in [4.78, 5) is 9.19. The van der Waals surface area contributed by atoms with Crippen LogP contribution in [0.1, 0.15) is 33.7 Å². The molecule has 15 heteroatoms. The molecule has 0 spiro atoms. The molecule has 0 saturated heterocycles. The quantitative estimate of drug-likeness (QED) is 0.125. The van der Waals surface area contributed by atoms with Crippen LogP contribution < -0.4 is 0 Å². The van der Waals surface area contributed by atoms with Crippen molar-refractivity contribution in [3.63, 3.8) is 0 Å². The number of benzene rings is 2. The molecule has 0 radical (unpaired) electrons. The summed E-state index contributed by atoms with van der Waals surface area (Å²) in [7, 11) is -7.33. The molecule has 8 rings (SSSR count). The summed E-state index contributed by atoms with van der Waals surface area (Å²) in [5.74, 6) is 0. The molecule has 0 aliphatic heterocycles. The maximum absolute atomic E-state index is 12.8. The van der Waals surface area contributed by atoms with Gasteiger partial charge in [0, 0.05) is 69.0 Å². The summed E-state index contributed by atoms with van der Waals surface area (Å²) in [6, 6.07) is 28.0. The molecular weight excluding hydrogens is 824 g/mol. The highest BCUT2D eigenvalue weighted by Crippen LogP contribution is 2.27. The third-order valence-corrected chi connectivity index (χ3v) is 11.2. The summed E-state index contributed by atoms with van der Waals surface area (Å²) in [6.07, 6.45) is 9.94. The molecular formula is C38H37IN8O4S2. The minimum absolute atomic E-state index is 0.233. The number of rotatable bonds is 7. The third kappa shape index (κ3) is 8.26. The summed E-state index contributed by atoms with van der Waals surface area (Å²) >= 11 is 2.34. The van der Waals surface area contributed by atoms with Gasteiger partial charge in [-0.2, -0.15) is 10.2 Å². The van der Waals surface area contributed by atoms with Crippen LogP contribution in [0, 0.1) is 0 Å². The minimum atomic E-state index is -3.67. The van der Waals surface area contributed by atoms with E-state index in [9.17, 15) is 16.8 Å². The van der Waals surface area contributed by atoms with E-state index < -0.39 is 20.0 Å². The van der Waals surface area contributed by atoms with Gasteiger partial charge in [0.05, 0.1) is 21.2 Å². The lowest BCUT2D eigenvalue weighted by Gasteiger charge is -2.07. The fourth-order valence-electron chi connectivity index (χ4n) is 5.28. The average molecular weight is 861 g/mol. The van der Waals surface area contributed by atoms with Crippen LogP contribution in [-0.2, 0) is 20.0 Å². The van der Waals surface area contributed by atoms with Crippen LogP contribution in [0.3, 0.4) is 0 Å². The Morgan fingerprint density at radius 2 is 1.13 bits per heavy atom. The normalized spacial score (nSPS) is 11.8. The second-order valence-electron chi connectivity index (χ2n) is 12.4. The van der Waals surface area contributed by atoms with Crippen molar-refractivity contribution in [2.24, 2.45) is 0 Å².